The summed E-state index contributed by atoms with van der Waals surface area (Å²) >= 11 is 4.75. The lowest BCUT2D eigenvalue weighted by molar-refractivity contribution is -0.115. The summed E-state index contributed by atoms with van der Waals surface area (Å²) in [6, 6.07) is 21.6. The lowest BCUT2D eigenvalue weighted by Crippen LogP contribution is -2.19. The van der Waals surface area contributed by atoms with E-state index in [9.17, 15) is 4.79 Å². The van der Waals surface area contributed by atoms with Gasteiger partial charge in [-0.05, 0) is 66.4 Å². The summed E-state index contributed by atoms with van der Waals surface area (Å²) in [6.07, 6.45) is 3.87. The van der Waals surface area contributed by atoms with Crippen LogP contribution in [0.3, 0.4) is 0 Å². The van der Waals surface area contributed by atoms with Gasteiger partial charge in [0.05, 0.1) is 10.6 Å². The molecule has 4 nitrogen and oxygen atoms in total. The van der Waals surface area contributed by atoms with Crippen LogP contribution in [0, 0.1) is 0 Å². The van der Waals surface area contributed by atoms with Gasteiger partial charge in [0, 0.05) is 22.1 Å². The van der Waals surface area contributed by atoms with Crippen LogP contribution in [0.2, 0.25) is 0 Å². The molecule has 0 radical (unpaired) electrons. The lowest BCUT2D eigenvalue weighted by Gasteiger charge is -2.06. The maximum atomic E-state index is 12.3. The second kappa shape index (κ2) is 7.35. The lowest BCUT2D eigenvalue weighted by atomic mass is 10.3. The number of thioether (sulfide) groups is 1. The number of carbonyl (C=O) groups excluding carboxylic acids is 1. The molecule has 128 valence electrons. The molecule has 1 aromatic heterocycles. The molecule has 0 spiro atoms. The van der Waals surface area contributed by atoms with Crippen LogP contribution >= 0.6 is 27.7 Å². The summed E-state index contributed by atoms with van der Waals surface area (Å²) in [4.78, 5) is 17.4. The van der Waals surface area contributed by atoms with Crippen LogP contribution in [-0.2, 0) is 4.79 Å². The van der Waals surface area contributed by atoms with Gasteiger partial charge in [-0.3, -0.25) is 4.79 Å². The minimum Gasteiger partial charge on any atom is -0.317 e. The van der Waals surface area contributed by atoms with Crippen molar-refractivity contribution in [2.45, 2.75) is 0 Å². The number of hydrogen-bond acceptors (Lipinski definition) is 3. The second-order valence-corrected chi connectivity index (χ2v) is 7.54. The third-order valence-electron chi connectivity index (χ3n) is 3.80. The number of aromatic nitrogens is 1. The van der Waals surface area contributed by atoms with E-state index in [2.05, 4.69) is 26.2 Å². The van der Waals surface area contributed by atoms with Gasteiger partial charge in [-0.25, -0.2) is 4.99 Å². The second-order valence-electron chi connectivity index (χ2n) is 5.60. The van der Waals surface area contributed by atoms with Gasteiger partial charge in [-0.15, -0.1) is 0 Å². The van der Waals surface area contributed by atoms with E-state index in [1.165, 1.54) is 11.8 Å². The minimum absolute atomic E-state index is 0.133. The Balaban J connectivity index is 1.60. The zero-order chi connectivity index (χ0) is 17.9. The van der Waals surface area contributed by atoms with Crippen LogP contribution in [0.5, 0.6) is 0 Å². The van der Waals surface area contributed by atoms with Crippen LogP contribution in [0.1, 0.15) is 5.69 Å². The summed E-state index contributed by atoms with van der Waals surface area (Å²) < 4.78 is 3.04. The molecular formula is C20H14BrN3OS. The predicted molar refractivity (Wildman–Crippen MR) is 111 cm³/mol. The highest BCUT2D eigenvalue weighted by Crippen LogP contribution is 2.29. The van der Waals surface area contributed by atoms with Crippen molar-refractivity contribution < 1.29 is 4.79 Å². The third kappa shape index (κ3) is 3.66. The Kier molecular flexibility index (Phi) is 4.77. The smallest absolute Gasteiger partial charge is 0.264 e. The Morgan fingerprint density at radius 3 is 2.54 bits per heavy atom. The Morgan fingerprint density at radius 1 is 1.00 bits per heavy atom. The number of nitrogens with one attached hydrogen (secondary N) is 1. The molecule has 0 aliphatic carbocycles. The molecular weight excluding hydrogens is 410 g/mol. The number of nitrogens with zero attached hydrogens (tertiary/aromatic N) is 2. The number of amides is 1. The topological polar surface area (TPSA) is 46.4 Å². The fraction of sp³-hybridized carbons (Fsp3) is 0. The molecule has 1 fully saturated rings. The normalized spacial score (nSPS) is 17.0. The molecule has 0 unspecified atom stereocenters. The Labute approximate surface area is 163 Å². The number of amidine groups is 1. The maximum absolute atomic E-state index is 12.3. The van der Waals surface area contributed by atoms with Gasteiger partial charge in [0.1, 0.15) is 0 Å². The average molecular weight is 424 g/mol. The number of halogens is 1. The summed E-state index contributed by atoms with van der Waals surface area (Å²) in [7, 11) is 0. The van der Waals surface area contributed by atoms with E-state index in [0.717, 1.165) is 21.5 Å². The summed E-state index contributed by atoms with van der Waals surface area (Å²) in [5.41, 5.74) is 2.79. The van der Waals surface area contributed by atoms with Gasteiger partial charge in [-0.2, -0.15) is 0 Å². The predicted octanol–water partition coefficient (Wildman–Crippen LogP) is 5.13. The zero-order valence-corrected chi connectivity index (χ0v) is 16.0. The number of para-hydroxylation sites is 1. The van der Waals surface area contributed by atoms with E-state index < -0.39 is 0 Å². The standard InChI is InChI=1S/C20H14BrN3OS/c21-14-8-10-15(11-9-14)22-20-23-19(25)18(26-20)13-17-7-4-12-24(17)16-5-2-1-3-6-16/h1-13H,(H,22,23,25)/b18-13-. The van der Waals surface area contributed by atoms with Crippen molar-refractivity contribution in [1.29, 1.82) is 0 Å². The molecule has 0 atom stereocenters. The van der Waals surface area contributed by atoms with Crippen molar-refractivity contribution >= 4 is 50.5 Å². The Morgan fingerprint density at radius 2 is 1.77 bits per heavy atom. The third-order valence-corrected chi connectivity index (χ3v) is 5.24. The first-order chi connectivity index (χ1) is 12.7. The molecule has 1 aliphatic rings. The number of rotatable bonds is 3. The molecule has 1 saturated heterocycles. The van der Waals surface area contributed by atoms with Gasteiger partial charge in [0.25, 0.3) is 5.91 Å². The molecule has 0 saturated carbocycles. The average Bonchev–Trinajstić information content (AvgIpc) is 3.25. The number of hydrogen-bond donors (Lipinski definition) is 1. The Hall–Kier alpha value is -2.57. The molecule has 1 aliphatic heterocycles. The van der Waals surface area contributed by atoms with Crippen LogP contribution in [-0.4, -0.2) is 15.6 Å². The van der Waals surface area contributed by atoms with Gasteiger partial charge in [0.15, 0.2) is 5.17 Å². The van der Waals surface area contributed by atoms with Crippen molar-refractivity contribution in [3.8, 4) is 5.69 Å². The Bertz CT molecular complexity index is 1010. The van der Waals surface area contributed by atoms with E-state index in [1.54, 1.807) is 0 Å². The fourth-order valence-corrected chi connectivity index (χ4v) is 3.67. The summed E-state index contributed by atoms with van der Waals surface area (Å²) in [6.45, 7) is 0. The molecule has 3 aromatic rings. The zero-order valence-electron chi connectivity index (χ0n) is 13.6. The van der Waals surface area contributed by atoms with Crippen LogP contribution in [0.25, 0.3) is 11.8 Å². The van der Waals surface area contributed by atoms with Gasteiger partial charge < -0.3 is 9.88 Å². The highest BCUT2D eigenvalue weighted by atomic mass is 79.9. The van der Waals surface area contributed by atoms with E-state index in [-0.39, 0.29) is 5.91 Å². The first kappa shape index (κ1) is 16.9. The highest BCUT2D eigenvalue weighted by Gasteiger charge is 2.24. The van der Waals surface area contributed by atoms with Crippen LogP contribution in [0.4, 0.5) is 5.69 Å². The molecule has 0 bridgehead atoms. The monoisotopic (exact) mass is 423 g/mol. The number of benzene rings is 2. The molecule has 4 rings (SSSR count). The first-order valence-electron chi connectivity index (χ1n) is 7.97. The first-order valence-corrected chi connectivity index (χ1v) is 9.58. The van der Waals surface area contributed by atoms with E-state index in [4.69, 9.17) is 0 Å². The minimum atomic E-state index is -0.133. The summed E-state index contributed by atoms with van der Waals surface area (Å²) in [5.74, 6) is -0.133. The van der Waals surface area contributed by atoms with Crippen molar-refractivity contribution in [3.05, 3.63) is 88.0 Å². The molecule has 1 N–H and O–H groups in total. The van der Waals surface area contributed by atoms with Crippen molar-refractivity contribution in [3.63, 3.8) is 0 Å². The van der Waals surface area contributed by atoms with Crippen molar-refractivity contribution in [2.24, 2.45) is 4.99 Å². The maximum Gasteiger partial charge on any atom is 0.264 e. The molecule has 2 aromatic carbocycles. The molecule has 1 amide bonds. The quantitative estimate of drug-likeness (QED) is 0.593. The highest BCUT2D eigenvalue weighted by molar-refractivity contribution is 9.10. The van der Waals surface area contributed by atoms with Gasteiger partial charge in [-0.1, -0.05) is 34.1 Å². The fourth-order valence-electron chi connectivity index (χ4n) is 2.58. The number of aliphatic imine (C=N–C) groups is 1. The van der Waals surface area contributed by atoms with Crippen molar-refractivity contribution in [1.82, 2.24) is 9.88 Å². The van der Waals surface area contributed by atoms with E-state index in [1.807, 2.05) is 83.6 Å². The number of carbonyl (C=O) groups is 1. The van der Waals surface area contributed by atoms with Gasteiger partial charge >= 0.3 is 0 Å². The summed E-state index contributed by atoms with van der Waals surface area (Å²) in [5, 5.41) is 3.41. The largest absolute Gasteiger partial charge is 0.317 e. The van der Waals surface area contributed by atoms with Crippen LogP contribution < -0.4 is 5.32 Å². The van der Waals surface area contributed by atoms with Gasteiger partial charge in [0.2, 0.25) is 0 Å². The molecule has 26 heavy (non-hydrogen) atoms. The molecule has 6 heteroatoms. The van der Waals surface area contributed by atoms with Crippen molar-refractivity contribution in [2.75, 3.05) is 0 Å². The van der Waals surface area contributed by atoms with E-state index in [0.29, 0.717) is 10.1 Å². The van der Waals surface area contributed by atoms with E-state index >= 15 is 0 Å². The molecule has 2 heterocycles. The SMILES string of the molecule is O=C1NC(=Nc2ccc(Br)cc2)S/C1=C\c1cccn1-c1ccccc1. The van der Waals surface area contributed by atoms with Crippen LogP contribution in [0.15, 0.2) is 87.3 Å².